The number of benzene rings is 1. The van der Waals surface area contributed by atoms with E-state index < -0.39 is 11.8 Å². The SMILES string of the molecule is NC(=O)C1(N)Nc2ccccc2O1. The van der Waals surface area contributed by atoms with Gasteiger partial charge in [-0.05, 0) is 12.1 Å². The molecule has 1 heterocycles. The lowest BCUT2D eigenvalue weighted by Gasteiger charge is -2.19. The summed E-state index contributed by atoms with van der Waals surface area (Å²) in [5.74, 6) is -1.82. The van der Waals surface area contributed by atoms with Crippen LogP contribution in [0.25, 0.3) is 0 Å². The van der Waals surface area contributed by atoms with Crippen LogP contribution in [0.5, 0.6) is 5.75 Å². The first-order chi connectivity index (χ1) is 6.12. The van der Waals surface area contributed by atoms with Gasteiger partial charge in [0.2, 0.25) is 0 Å². The number of carbonyl (C=O) groups is 1. The first-order valence-corrected chi connectivity index (χ1v) is 3.77. The molecule has 5 heteroatoms. The van der Waals surface area contributed by atoms with E-state index in [0.29, 0.717) is 11.4 Å². The molecule has 0 radical (unpaired) electrons. The van der Waals surface area contributed by atoms with E-state index in [9.17, 15) is 4.79 Å². The van der Waals surface area contributed by atoms with Gasteiger partial charge in [-0.3, -0.25) is 10.5 Å². The average Bonchev–Trinajstić information content (AvgIpc) is 2.42. The molecule has 1 aromatic carbocycles. The zero-order chi connectivity index (χ0) is 9.47. The minimum absolute atomic E-state index is 0.531. The molecule has 1 aliphatic rings. The first-order valence-electron chi connectivity index (χ1n) is 3.77. The van der Waals surface area contributed by atoms with E-state index in [1.54, 1.807) is 18.2 Å². The lowest BCUT2D eigenvalue weighted by atomic mass is 10.3. The molecule has 0 aromatic heterocycles. The maximum atomic E-state index is 10.9. The maximum Gasteiger partial charge on any atom is 0.317 e. The lowest BCUT2D eigenvalue weighted by molar-refractivity contribution is -0.129. The molecule has 5 nitrogen and oxygen atoms in total. The second-order valence-electron chi connectivity index (χ2n) is 2.82. The molecule has 13 heavy (non-hydrogen) atoms. The number of ether oxygens (including phenoxy) is 1. The van der Waals surface area contributed by atoms with E-state index in [1.807, 2.05) is 6.07 Å². The van der Waals surface area contributed by atoms with Crippen molar-refractivity contribution < 1.29 is 9.53 Å². The van der Waals surface area contributed by atoms with E-state index in [0.717, 1.165) is 0 Å². The molecule has 68 valence electrons. The number of fused-ring (bicyclic) bond motifs is 1. The van der Waals surface area contributed by atoms with Gasteiger partial charge in [0.15, 0.2) is 0 Å². The van der Waals surface area contributed by atoms with Crippen molar-refractivity contribution in [1.82, 2.24) is 0 Å². The van der Waals surface area contributed by atoms with Crippen molar-refractivity contribution in [3.8, 4) is 5.75 Å². The van der Waals surface area contributed by atoms with Gasteiger partial charge in [-0.15, -0.1) is 0 Å². The molecule has 0 aliphatic carbocycles. The minimum atomic E-state index is -1.61. The standard InChI is InChI=1S/C8H9N3O2/c9-7(12)8(10)11-5-3-1-2-4-6(5)13-8/h1-4,11H,10H2,(H2,9,12). The minimum Gasteiger partial charge on any atom is -0.444 e. The Bertz CT molecular complexity index is 339. The van der Waals surface area contributed by atoms with Crippen LogP contribution in [-0.4, -0.2) is 11.8 Å². The third-order valence-corrected chi connectivity index (χ3v) is 1.84. The van der Waals surface area contributed by atoms with E-state index in [1.165, 1.54) is 0 Å². The van der Waals surface area contributed by atoms with E-state index in [-0.39, 0.29) is 0 Å². The number of nitrogens with two attached hydrogens (primary N) is 2. The van der Waals surface area contributed by atoms with Crippen LogP contribution >= 0.6 is 0 Å². The molecule has 1 amide bonds. The number of carbonyl (C=O) groups excluding carboxylic acids is 1. The average molecular weight is 179 g/mol. The van der Waals surface area contributed by atoms with Crippen LogP contribution in [0.4, 0.5) is 5.69 Å². The summed E-state index contributed by atoms with van der Waals surface area (Å²) >= 11 is 0. The van der Waals surface area contributed by atoms with Gasteiger partial charge in [-0.25, -0.2) is 0 Å². The molecule has 1 aliphatic heterocycles. The Morgan fingerprint density at radius 3 is 2.77 bits per heavy atom. The molecule has 5 N–H and O–H groups in total. The van der Waals surface area contributed by atoms with Gasteiger partial charge >= 0.3 is 5.85 Å². The molecular formula is C8H9N3O2. The highest BCUT2D eigenvalue weighted by atomic mass is 16.5. The van der Waals surface area contributed by atoms with Crippen molar-refractivity contribution >= 4 is 11.6 Å². The Balaban J connectivity index is 2.37. The van der Waals surface area contributed by atoms with Crippen molar-refractivity contribution in [2.24, 2.45) is 11.5 Å². The summed E-state index contributed by atoms with van der Waals surface area (Å²) in [6.45, 7) is 0. The number of amides is 1. The third kappa shape index (κ3) is 1.09. The normalized spacial score (nSPS) is 24.4. The van der Waals surface area contributed by atoms with E-state index >= 15 is 0 Å². The molecule has 0 saturated carbocycles. The van der Waals surface area contributed by atoms with E-state index in [2.05, 4.69) is 5.32 Å². The smallest absolute Gasteiger partial charge is 0.317 e. The Hall–Kier alpha value is -1.75. The van der Waals surface area contributed by atoms with Crippen LogP contribution in [0, 0.1) is 0 Å². The van der Waals surface area contributed by atoms with Crippen LogP contribution in [-0.2, 0) is 4.79 Å². The molecule has 1 atom stereocenters. The van der Waals surface area contributed by atoms with Crippen molar-refractivity contribution in [2.45, 2.75) is 5.85 Å². The molecule has 0 bridgehead atoms. The Morgan fingerprint density at radius 1 is 1.46 bits per heavy atom. The fourth-order valence-corrected chi connectivity index (χ4v) is 1.17. The highest BCUT2D eigenvalue weighted by molar-refractivity contribution is 5.88. The fourth-order valence-electron chi connectivity index (χ4n) is 1.17. The van der Waals surface area contributed by atoms with Gasteiger partial charge in [-0.1, -0.05) is 12.1 Å². The van der Waals surface area contributed by atoms with Crippen LogP contribution in [0.2, 0.25) is 0 Å². The zero-order valence-corrected chi connectivity index (χ0v) is 6.78. The summed E-state index contributed by atoms with van der Waals surface area (Å²) in [5.41, 5.74) is 11.3. The highest BCUT2D eigenvalue weighted by Gasteiger charge is 2.40. The van der Waals surface area contributed by atoms with E-state index in [4.69, 9.17) is 16.2 Å². The summed E-state index contributed by atoms with van der Waals surface area (Å²) in [5, 5.41) is 2.69. The predicted molar refractivity (Wildman–Crippen MR) is 46.8 cm³/mol. The predicted octanol–water partition coefficient (Wildman–Crippen LogP) is -0.411. The van der Waals surface area contributed by atoms with Crippen LogP contribution in [0.15, 0.2) is 24.3 Å². The fraction of sp³-hybridized carbons (Fsp3) is 0.125. The number of hydrogen-bond acceptors (Lipinski definition) is 4. The molecule has 0 spiro atoms. The Kier molecular flexibility index (Phi) is 1.43. The second-order valence-corrected chi connectivity index (χ2v) is 2.82. The van der Waals surface area contributed by atoms with Gasteiger partial charge in [0.25, 0.3) is 5.91 Å². The molecule has 0 fully saturated rings. The van der Waals surface area contributed by atoms with Gasteiger partial charge < -0.3 is 15.8 Å². The highest BCUT2D eigenvalue weighted by Crippen LogP contribution is 2.33. The molecule has 1 unspecified atom stereocenters. The summed E-state index contributed by atoms with van der Waals surface area (Å²) < 4.78 is 5.15. The molecular weight excluding hydrogens is 170 g/mol. The molecule has 1 aromatic rings. The summed E-state index contributed by atoms with van der Waals surface area (Å²) in [4.78, 5) is 10.9. The van der Waals surface area contributed by atoms with Crippen molar-refractivity contribution in [3.05, 3.63) is 24.3 Å². The van der Waals surface area contributed by atoms with Crippen molar-refractivity contribution in [3.63, 3.8) is 0 Å². The van der Waals surface area contributed by atoms with Crippen LogP contribution < -0.4 is 21.5 Å². The van der Waals surface area contributed by atoms with Crippen LogP contribution in [0.1, 0.15) is 0 Å². The number of rotatable bonds is 1. The van der Waals surface area contributed by atoms with Crippen LogP contribution in [0.3, 0.4) is 0 Å². The quantitative estimate of drug-likeness (QED) is 0.546. The summed E-state index contributed by atoms with van der Waals surface area (Å²) in [7, 11) is 0. The number of primary amides is 1. The number of para-hydroxylation sites is 2. The Labute approximate surface area is 74.7 Å². The second kappa shape index (κ2) is 2.37. The monoisotopic (exact) mass is 179 g/mol. The first kappa shape index (κ1) is 7.88. The topological polar surface area (TPSA) is 90.4 Å². The number of hydrogen-bond donors (Lipinski definition) is 3. The third-order valence-electron chi connectivity index (χ3n) is 1.84. The van der Waals surface area contributed by atoms with Gasteiger partial charge in [0.1, 0.15) is 5.75 Å². The van der Waals surface area contributed by atoms with Gasteiger partial charge in [-0.2, -0.15) is 0 Å². The molecule has 2 rings (SSSR count). The largest absolute Gasteiger partial charge is 0.444 e. The molecule has 0 saturated heterocycles. The Morgan fingerprint density at radius 2 is 2.15 bits per heavy atom. The lowest BCUT2D eigenvalue weighted by Crippen LogP contribution is -2.59. The number of nitrogens with one attached hydrogen (secondary N) is 1. The summed E-state index contributed by atoms with van der Waals surface area (Å²) in [6.07, 6.45) is 0. The summed E-state index contributed by atoms with van der Waals surface area (Å²) in [6, 6.07) is 7.06. The number of anilines is 1. The van der Waals surface area contributed by atoms with Crippen molar-refractivity contribution in [1.29, 1.82) is 0 Å². The zero-order valence-electron chi connectivity index (χ0n) is 6.78. The van der Waals surface area contributed by atoms with Crippen molar-refractivity contribution in [2.75, 3.05) is 5.32 Å². The maximum absolute atomic E-state index is 10.9. The van der Waals surface area contributed by atoms with Gasteiger partial charge in [0.05, 0.1) is 5.69 Å². The van der Waals surface area contributed by atoms with Gasteiger partial charge in [0, 0.05) is 0 Å².